The maximum absolute atomic E-state index is 13.9. The Hall–Kier alpha value is -2.80. The van der Waals surface area contributed by atoms with Crippen LogP contribution >= 0.6 is 0 Å². The third kappa shape index (κ3) is 4.78. The van der Waals surface area contributed by atoms with Crippen molar-refractivity contribution in [3.8, 4) is 11.5 Å². The molecule has 2 aliphatic heterocycles. The number of nitrogens with zero attached hydrogens (tertiary/aromatic N) is 3. The summed E-state index contributed by atoms with van der Waals surface area (Å²) in [5.74, 6) is 0.807. The summed E-state index contributed by atoms with van der Waals surface area (Å²) in [6.07, 6.45) is 3.51. The molecule has 178 valence electrons. The largest absolute Gasteiger partial charge is 0.494 e. The zero-order chi connectivity index (χ0) is 23.5. The summed E-state index contributed by atoms with van der Waals surface area (Å²) in [5, 5.41) is 12.1. The van der Waals surface area contributed by atoms with Crippen LogP contribution in [0, 0.1) is 19.7 Å². The molecule has 0 aliphatic carbocycles. The van der Waals surface area contributed by atoms with Gasteiger partial charge in [-0.25, -0.2) is 4.39 Å². The van der Waals surface area contributed by atoms with E-state index in [0.717, 1.165) is 43.1 Å². The molecule has 2 aliphatic rings. The molecule has 2 aromatic carbocycles. The van der Waals surface area contributed by atoms with E-state index in [2.05, 4.69) is 34.9 Å². The van der Waals surface area contributed by atoms with E-state index < -0.39 is 0 Å². The van der Waals surface area contributed by atoms with Gasteiger partial charge in [0.05, 0.1) is 12.8 Å². The van der Waals surface area contributed by atoms with E-state index in [1.807, 2.05) is 12.1 Å². The number of benzene rings is 2. The van der Waals surface area contributed by atoms with E-state index in [0.29, 0.717) is 23.5 Å². The van der Waals surface area contributed by atoms with Gasteiger partial charge in [0.1, 0.15) is 12.4 Å². The summed E-state index contributed by atoms with van der Waals surface area (Å²) < 4.78 is 24.9. The SMILES string of the molecule is COc1cc(N2CCN3[C@@H](CCC[C@@H]3c3ccc(OC/C(C)=N/O)c(C)c3C)C2)ccc1F. The minimum absolute atomic E-state index is 0.276. The van der Waals surface area contributed by atoms with Crippen LogP contribution in [0.15, 0.2) is 35.5 Å². The number of fused-ring (bicyclic) bond motifs is 1. The van der Waals surface area contributed by atoms with Gasteiger partial charge in [-0.3, -0.25) is 4.90 Å². The highest BCUT2D eigenvalue weighted by Crippen LogP contribution is 2.40. The number of methoxy groups -OCH3 is 1. The number of halogens is 1. The Morgan fingerprint density at radius 3 is 2.70 bits per heavy atom. The lowest BCUT2D eigenvalue weighted by atomic mass is 9.86. The van der Waals surface area contributed by atoms with Crippen LogP contribution in [-0.2, 0) is 0 Å². The van der Waals surface area contributed by atoms with Crippen molar-refractivity contribution in [3.63, 3.8) is 0 Å². The molecule has 2 atom stereocenters. The number of hydrogen-bond acceptors (Lipinski definition) is 6. The third-order valence-electron chi connectivity index (χ3n) is 7.19. The number of piperidine rings is 1. The van der Waals surface area contributed by atoms with E-state index in [4.69, 9.17) is 14.7 Å². The van der Waals surface area contributed by atoms with E-state index in [1.54, 1.807) is 13.0 Å². The van der Waals surface area contributed by atoms with Gasteiger partial charge in [-0.05, 0) is 74.9 Å². The standard InChI is InChI=1S/C26H34FN3O3/c1-17(28-31)16-33-25-11-9-22(18(2)19(25)3)24-7-5-6-21-15-29(12-13-30(21)24)20-8-10-23(27)26(14-20)32-4/h8-11,14,21,24,31H,5-7,12-13,15-16H2,1-4H3/b28-17+/t21-,24+/m0/s1. The zero-order valence-corrected chi connectivity index (χ0v) is 20.0. The van der Waals surface area contributed by atoms with Gasteiger partial charge in [0.25, 0.3) is 0 Å². The summed E-state index contributed by atoms with van der Waals surface area (Å²) in [7, 11) is 1.51. The minimum Gasteiger partial charge on any atom is -0.494 e. The lowest BCUT2D eigenvalue weighted by molar-refractivity contribution is 0.0712. The molecular weight excluding hydrogens is 421 g/mol. The molecule has 0 saturated carbocycles. The van der Waals surface area contributed by atoms with Crippen molar-refractivity contribution >= 4 is 11.4 Å². The number of ether oxygens (including phenoxy) is 2. The maximum Gasteiger partial charge on any atom is 0.165 e. The molecule has 2 fully saturated rings. The number of piperazine rings is 1. The number of hydrogen-bond donors (Lipinski definition) is 1. The molecule has 0 aromatic heterocycles. The molecule has 7 heteroatoms. The van der Waals surface area contributed by atoms with Crippen LogP contribution < -0.4 is 14.4 Å². The van der Waals surface area contributed by atoms with Gasteiger partial charge in [0.2, 0.25) is 0 Å². The molecule has 33 heavy (non-hydrogen) atoms. The Labute approximate surface area is 195 Å². The quantitative estimate of drug-likeness (QED) is 0.373. The monoisotopic (exact) mass is 455 g/mol. The molecule has 0 radical (unpaired) electrons. The van der Waals surface area contributed by atoms with Crippen LogP contribution in [0.5, 0.6) is 11.5 Å². The average Bonchev–Trinajstić information content (AvgIpc) is 2.84. The van der Waals surface area contributed by atoms with Crippen LogP contribution in [-0.4, -0.2) is 55.2 Å². The molecule has 2 saturated heterocycles. The van der Waals surface area contributed by atoms with Gasteiger partial charge in [0.15, 0.2) is 11.6 Å². The molecule has 4 rings (SSSR count). The first-order chi connectivity index (χ1) is 15.9. The first-order valence-electron chi connectivity index (χ1n) is 11.7. The topological polar surface area (TPSA) is 57.5 Å². The second kappa shape index (κ2) is 10.00. The number of anilines is 1. The Balaban J connectivity index is 1.51. The van der Waals surface area contributed by atoms with Gasteiger partial charge in [0, 0.05) is 43.5 Å². The molecule has 2 heterocycles. The van der Waals surface area contributed by atoms with Gasteiger partial charge in [-0.1, -0.05) is 11.2 Å². The van der Waals surface area contributed by atoms with Crippen molar-refractivity contribution in [2.75, 3.05) is 38.3 Å². The predicted molar refractivity (Wildman–Crippen MR) is 129 cm³/mol. The Kier molecular flexibility index (Phi) is 7.08. The van der Waals surface area contributed by atoms with Crippen molar-refractivity contribution in [1.29, 1.82) is 0 Å². The molecular formula is C26H34FN3O3. The van der Waals surface area contributed by atoms with Crippen molar-refractivity contribution in [2.45, 2.75) is 52.1 Å². The van der Waals surface area contributed by atoms with E-state index >= 15 is 0 Å². The van der Waals surface area contributed by atoms with Gasteiger partial charge in [-0.15, -0.1) is 0 Å². The smallest absolute Gasteiger partial charge is 0.165 e. The first kappa shape index (κ1) is 23.4. The second-order valence-corrected chi connectivity index (χ2v) is 9.13. The lowest BCUT2D eigenvalue weighted by Crippen LogP contribution is -2.56. The summed E-state index contributed by atoms with van der Waals surface area (Å²) in [5.41, 5.74) is 5.34. The average molecular weight is 456 g/mol. The van der Waals surface area contributed by atoms with Gasteiger partial charge < -0.3 is 19.6 Å². The summed E-state index contributed by atoms with van der Waals surface area (Å²) >= 11 is 0. The number of oxime groups is 1. The normalized spacial score (nSPS) is 21.6. The Morgan fingerprint density at radius 1 is 1.12 bits per heavy atom. The molecule has 1 N–H and O–H groups in total. The first-order valence-corrected chi connectivity index (χ1v) is 11.7. The summed E-state index contributed by atoms with van der Waals surface area (Å²) in [4.78, 5) is 5.01. The van der Waals surface area contributed by atoms with Crippen molar-refractivity contribution in [3.05, 3.63) is 52.8 Å². The van der Waals surface area contributed by atoms with Crippen molar-refractivity contribution < 1.29 is 19.1 Å². The van der Waals surface area contributed by atoms with Gasteiger partial charge >= 0.3 is 0 Å². The minimum atomic E-state index is -0.324. The van der Waals surface area contributed by atoms with Crippen LogP contribution in [0.4, 0.5) is 10.1 Å². The van der Waals surface area contributed by atoms with Crippen LogP contribution in [0.25, 0.3) is 0 Å². The van der Waals surface area contributed by atoms with Crippen LogP contribution in [0.2, 0.25) is 0 Å². The van der Waals surface area contributed by atoms with Crippen LogP contribution in [0.3, 0.4) is 0 Å². The van der Waals surface area contributed by atoms with Gasteiger partial charge in [-0.2, -0.15) is 0 Å². The Morgan fingerprint density at radius 2 is 1.94 bits per heavy atom. The molecule has 2 aromatic rings. The van der Waals surface area contributed by atoms with Crippen molar-refractivity contribution in [1.82, 2.24) is 4.90 Å². The highest BCUT2D eigenvalue weighted by Gasteiger charge is 2.36. The van der Waals surface area contributed by atoms with E-state index in [-0.39, 0.29) is 12.4 Å². The highest BCUT2D eigenvalue weighted by molar-refractivity contribution is 5.82. The van der Waals surface area contributed by atoms with E-state index in [1.165, 1.54) is 37.1 Å². The molecule has 0 amide bonds. The summed E-state index contributed by atoms with van der Waals surface area (Å²) in [6.45, 7) is 9.09. The van der Waals surface area contributed by atoms with Crippen LogP contribution in [0.1, 0.15) is 48.9 Å². The van der Waals surface area contributed by atoms with Crippen molar-refractivity contribution in [2.24, 2.45) is 5.16 Å². The second-order valence-electron chi connectivity index (χ2n) is 9.13. The molecule has 0 spiro atoms. The maximum atomic E-state index is 13.9. The summed E-state index contributed by atoms with van der Waals surface area (Å²) in [6, 6.07) is 10.3. The Bertz CT molecular complexity index is 1030. The molecule has 0 bridgehead atoms. The molecule has 6 nitrogen and oxygen atoms in total. The lowest BCUT2D eigenvalue weighted by Gasteiger charge is -2.49. The highest BCUT2D eigenvalue weighted by atomic mass is 19.1. The fourth-order valence-electron chi connectivity index (χ4n) is 5.21. The molecule has 0 unspecified atom stereocenters. The number of rotatable bonds is 6. The third-order valence-corrected chi connectivity index (χ3v) is 7.19. The predicted octanol–water partition coefficient (Wildman–Crippen LogP) is 5.10. The zero-order valence-electron chi connectivity index (χ0n) is 20.0. The van der Waals surface area contributed by atoms with E-state index in [9.17, 15) is 4.39 Å². The fourth-order valence-corrected chi connectivity index (χ4v) is 5.21. The fraction of sp³-hybridized carbons (Fsp3) is 0.500.